The highest BCUT2D eigenvalue weighted by Gasteiger charge is 2.21. The van der Waals surface area contributed by atoms with Gasteiger partial charge in [-0.15, -0.1) is 12.4 Å². The Morgan fingerprint density at radius 2 is 2.00 bits per heavy atom. The maximum atomic E-state index is 11.6. The van der Waals surface area contributed by atoms with Crippen molar-refractivity contribution in [2.24, 2.45) is 0 Å². The minimum Gasteiger partial charge on any atom is -0.355 e. The lowest BCUT2D eigenvalue weighted by molar-refractivity contribution is -0.121. The lowest BCUT2D eigenvalue weighted by Crippen LogP contribution is -2.37. The molecule has 0 saturated heterocycles. The molecule has 19 heavy (non-hydrogen) atoms. The van der Waals surface area contributed by atoms with Gasteiger partial charge in [-0.3, -0.25) is 4.79 Å². The molecule has 0 fully saturated rings. The van der Waals surface area contributed by atoms with Gasteiger partial charge in [-0.2, -0.15) is 0 Å². The lowest BCUT2D eigenvalue weighted by atomic mass is 9.84. The van der Waals surface area contributed by atoms with E-state index in [1.54, 1.807) is 0 Å². The van der Waals surface area contributed by atoms with E-state index in [2.05, 4.69) is 55.7 Å². The summed E-state index contributed by atoms with van der Waals surface area (Å²) in [6, 6.07) is 8.45. The summed E-state index contributed by atoms with van der Waals surface area (Å²) >= 11 is 0. The number of rotatable bonds is 6. The van der Waals surface area contributed by atoms with Crippen LogP contribution in [-0.2, 0) is 10.2 Å². The van der Waals surface area contributed by atoms with Gasteiger partial charge in [0.05, 0.1) is 0 Å². The number of nitrogens with one attached hydrogen (secondary N) is 2. The van der Waals surface area contributed by atoms with E-state index < -0.39 is 0 Å². The number of hydrogen-bond acceptors (Lipinski definition) is 2. The third-order valence-electron chi connectivity index (χ3n) is 3.13. The summed E-state index contributed by atoms with van der Waals surface area (Å²) in [6.45, 7) is 7.78. The molecule has 1 amide bonds. The maximum Gasteiger partial charge on any atom is 0.221 e. The van der Waals surface area contributed by atoms with E-state index in [0.717, 1.165) is 6.54 Å². The summed E-state index contributed by atoms with van der Waals surface area (Å²) in [6.07, 6.45) is 0.528. The van der Waals surface area contributed by atoms with Crippen molar-refractivity contribution in [1.29, 1.82) is 0 Å². The van der Waals surface area contributed by atoms with Crippen molar-refractivity contribution in [2.45, 2.75) is 32.6 Å². The number of amides is 1. The smallest absolute Gasteiger partial charge is 0.221 e. The van der Waals surface area contributed by atoms with Crippen LogP contribution >= 0.6 is 12.4 Å². The van der Waals surface area contributed by atoms with Crippen molar-refractivity contribution < 1.29 is 4.79 Å². The van der Waals surface area contributed by atoms with Gasteiger partial charge >= 0.3 is 0 Å². The van der Waals surface area contributed by atoms with Crippen LogP contribution in [0, 0.1) is 6.92 Å². The van der Waals surface area contributed by atoms with Crippen LogP contribution in [0.2, 0.25) is 0 Å². The highest BCUT2D eigenvalue weighted by Crippen LogP contribution is 2.22. The molecule has 1 rings (SSSR count). The second-order valence-electron chi connectivity index (χ2n) is 5.38. The Bertz CT molecular complexity index is 405. The van der Waals surface area contributed by atoms with E-state index in [4.69, 9.17) is 0 Å². The van der Waals surface area contributed by atoms with E-state index in [9.17, 15) is 4.79 Å². The number of aryl methyl sites for hydroxylation is 1. The average molecular weight is 285 g/mol. The van der Waals surface area contributed by atoms with Gasteiger partial charge in [0, 0.05) is 24.9 Å². The van der Waals surface area contributed by atoms with Crippen LogP contribution in [-0.4, -0.2) is 26.0 Å². The van der Waals surface area contributed by atoms with Gasteiger partial charge in [-0.1, -0.05) is 43.7 Å². The minimum atomic E-state index is -0.0404. The molecule has 0 aromatic heterocycles. The molecule has 3 nitrogen and oxygen atoms in total. The topological polar surface area (TPSA) is 41.1 Å². The summed E-state index contributed by atoms with van der Waals surface area (Å²) in [4.78, 5) is 11.6. The second kappa shape index (κ2) is 8.18. The van der Waals surface area contributed by atoms with Gasteiger partial charge < -0.3 is 10.6 Å². The molecule has 1 aromatic rings. The first-order valence-corrected chi connectivity index (χ1v) is 6.44. The molecule has 2 N–H and O–H groups in total. The number of carbonyl (C=O) groups excluding carboxylic acids is 1. The molecule has 0 unspecified atom stereocenters. The number of carbonyl (C=O) groups is 1. The molecule has 1 aromatic carbocycles. The zero-order valence-corrected chi connectivity index (χ0v) is 13.1. The zero-order chi connectivity index (χ0) is 13.6. The molecule has 4 heteroatoms. The first-order chi connectivity index (χ1) is 8.45. The van der Waals surface area contributed by atoms with Gasteiger partial charge in [-0.05, 0) is 19.5 Å². The molecule has 0 atom stereocenters. The van der Waals surface area contributed by atoms with Crippen molar-refractivity contribution >= 4 is 18.3 Å². The third kappa shape index (κ3) is 6.08. The molecule has 0 aliphatic rings. The molecule has 0 aliphatic carbocycles. The van der Waals surface area contributed by atoms with Crippen LogP contribution in [0.1, 0.15) is 31.4 Å². The first-order valence-electron chi connectivity index (χ1n) is 6.44. The molecule has 108 valence electrons. The normalized spacial score (nSPS) is 10.7. The molecule has 0 saturated carbocycles. The highest BCUT2D eigenvalue weighted by molar-refractivity contribution is 5.85. The average Bonchev–Trinajstić information content (AvgIpc) is 2.34. The second-order valence-corrected chi connectivity index (χ2v) is 5.38. The van der Waals surface area contributed by atoms with E-state index >= 15 is 0 Å². The maximum absolute atomic E-state index is 11.6. The van der Waals surface area contributed by atoms with E-state index in [0.29, 0.717) is 13.0 Å². The standard InChI is InChI=1S/C15H24N2O.ClH/c1-12-6-5-7-13(10-12)15(2,3)11-17-14(18)8-9-16-4;/h5-7,10,16H,8-9,11H2,1-4H3,(H,17,18);1H. The summed E-state index contributed by atoms with van der Waals surface area (Å²) in [7, 11) is 1.85. The third-order valence-corrected chi connectivity index (χ3v) is 3.13. The predicted molar refractivity (Wildman–Crippen MR) is 83.0 cm³/mol. The van der Waals surface area contributed by atoms with Gasteiger partial charge in [0.15, 0.2) is 0 Å². The Hall–Kier alpha value is -1.06. The van der Waals surface area contributed by atoms with Crippen LogP contribution in [0.25, 0.3) is 0 Å². The van der Waals surface area contributed by atoms with Crippen molar-refractivity contribution in [3.05, 3.63) is 35.4 Å². The fourth-order valence-corrected chi connectivity index (χ4v) is 1.81. The minimum absolute atomic E-state index is 0. The monoisotopic (exact) mass is 284 g/mol. The Morgan fingerprint density at radius 1 is 1.32 bits per heavy atom. The fraction of sp³-hybridized carbons (Fsp3) is 0.533. The number of benzene rings is 1. The van der Waals surface area contributed by atoms with E-state index in [1.807, 2.05) is 7.05 Å². The van der Waals surface area contributed by atoms with Gasteiger partial charge in [-0.25, -0.2) is 0 Å². The van der Waals surface area contributed by atoms with Crippen LogP contribution in [0.3, 0.4) is 0 Å². The Kier molecular flexibility index (Phi) is 7.72. The van der Waals surface area contributed by atoms with E-state index in [1.165, 1.54) is 11.1 Å². The summed E-state index contributed by atoms with van der Waals surface area (Å²) in [5.74, 6) is 0.102. The van der Waals surface area contributed by atoms with Gasteiger partial charge in [0.1, 0.15) is 0 Å². The van der Waals surface area contributed by atoms with Crippen molar-refractivity contribution in [3.8, 4) is 0 Å². The molecule has 0 spiro atoms. The molecular weight excluding hydrogens is 260 g/mol. The number of hydrogen-bond donors (Lipinski definition) is 2. The summed E-state index contributed by atoms with van der Waals surface area (Å²) in [5.41, 5.74) is 2.47. The van der Waals surface area contributed by atoms with Crippen LogP contribution in [0.4, 0.5) is 0 Å². The molecular formula is C15H25ClN2O. The molecule has 0 radical (unpaired) electrons. The van der Waals surface area contributed by atoms with Crippen molar-refractivity contribution in [2.75, 3.05) is 20.1 Å². The quantitative estimate of drug-likeness (QED) is 0.842. The Morgan fingerprint density at radius 3 is 2.58 bits per heavy atom. The van der Waals surface area contributed by atoms with Crippen LogP contribution in [0.15, 0.2) is 24.3 Å². The van der Waals surface area contributed by atoms with Gasteiger partial charge in [0.25, 0.3) is 0 Å². The molecule has 0 aliphatic heterocycles. The summed E-state index contributed by atoms with van der Waals surface area (Å²) in [5, 5.41) is 5.97. The zero-order valence-electron chi connectivity index (χ0n) is 12.2. The van der Waals surface area contributed by atoms with Crippen molar-refractivity contribution in [3.63, 3.8) is 0 Å². The van der Waals surface area contributed by atoms with Gasteiger partial charge in [0.2, 0.25) is 5.91 Å². The Balaban J connectivity index is 0.00000324. The van der Waals surface area contributed by atoms with Crippen molar-refractivity contribution in [1.82, 2.24) is 10.6 Å². The molecule has 0 heterocycles. The number of halogens is 1. The first kappa shape index (κ1) is 17.9. The lowest BCUT2D eigenvalue weighted by Gasteiger charge is -2.26. The largest absolute Gasteiger partial charge is 0.355 e. The molecule has 0 bridgehead atoms. The fourth-order valence-electron chi connectivity index (χ4n) is 1.81. The predicted octanol–water partition coefficient (Wildman–Crippen LogP) is 2.42. The highest BCUT2D eigenvalue weighted by atomic mass is 35.5. The van der Waals surface area contributed by atoms with E-state index in [-0.39, 0.29) is 23.7 Å². The SMILES string of the molecule is CNCCC(=O)NCC(C)(C)c1cccc(C)c1.Cl. The Labute approximate surface area is 122 Å². The van der Waals surface area contributed by atoms with Crippen LogP contribution in [0.5, 0.6) is 0 Å². The summed E-state index contributed by atoms with van der Waals surface area (Å²) < 4.78 is 0. The van der Waals surface area contributed by atoms with Crippen LogP contribution < -0.4 is 10.6 Å².